The predicted octanol–water partition coefficient (Wildman–Crippen LogP) is 0.744. The maximum absolute atomic E-state index is 12.3. The first kappa shape index (κ1) is 14.8. The monoisotopic (exact) mass is 300 g/mol. The highest BCUT2D eigenvalue weighted by atomic mass is 32.2. The van der Waals surface area contributed by atoms with E-state index < -0.39 is 16.3 Å². The molecule has 8 heteroatoms. The normalized spacial score (nSPS) is 16.8. The number of amides is 1. The van der Waals surface area contributed by atoms with Crippen LogP contribution in [-0.4, -0.2) is 54.5 Å². The Balaban J connectivity index is 2.21. The number of morpholine rings is 1. The molecule has 0 saturated carbocycles. The molecule has 1 aromatic carbocycles. The van der Waals surface area contributed by atoms with Crippen molar-refractivity contribution in [2.45, 2.75) is 6.54 Å². The van der Waals surface area contributed by atoms with Crippen molar-refractivity contribution in [2.24, 2.45) is 0 Å². The third-order valence-corrected chi connectivity index (χ3v) is 4.82. The number of nitrogens with zero attached hydrogens (tertiary/aromatic N) is 2. The molecule has 0 aromatic heterocycles. The van der Waals surface area contributed by atoms with Crippen LogP contribution in [-0.2, 0) is 21.5 Å². The third kappa shape index (κ3) is 3.27. The van der Waals surface area contributed by atoms with Crippen molar-refractivity contribution in [1.82, 2.24) is 8.61 Å². The molecule has 1 aliphatic heterocycles. The van der Waals surface area contributed by atoms with Gasteiger partial charge in [-0.3, -0.25) is 0 Å². The fourth-order valence-corrected chi connectivity index (χ4v) is 3.31. The lowest BCUT2D eigenvalue weighted by Gasteiger charge is -2.30. The number of carboxylic acid groups (broad SMARTS) is 1. The molecule has 0 aliphatic carbocycles. The van der Waals surface area contributed by atoms with Crippen molar-refractivity contribution in [3.8, 4) is 0 Å². The lowest BCUT2D eigenvalue weighted by molar-refractivity contribution is 0.0697. The highest BCUT2D eigenvalue weighted by Gasteiger charge is 2.34. The molecule has 1 fully saturated rings. The summed E-state index contributed by atoms with van der Waals surface area (Å²) >= 11 is 0. The molecule has 0 unspecified atom stereocenters. The summed E-state index contributed by atoms with van der Waals surface area (Å²) in [5, 5.41) is 9.19. The number of rotatable bonds is 4. The van der Waals surface area contributed by atoms with Crippen molar-refractivity contribution < 1.29 is 23.1 Å². The Morgan fingerprint density at radius 3 is 2.40 bits per heavy atom. The molecule has 110 valence electrons. The van der Waals surface area contributed by atoms with E-state index in [2.05, 4.69) is 0 Å². The molecule has 0 atom stereocenters. The van der Waals surface area contributed by atoms with Crippen LogP contribution in [0.5, 0.6) is 0 Å². The summed E-state index contributed by atoms with van der Waals surface area (Å²) < 4.78 is 31.4. The van der Waals surface area contributed by atoms with Gasteiger partial charge in [0.05, 0.1) is 19.8 Å². The van der Waals surface area contributed by atoms with E-state index >= 15 is 0 Å². The van der Waals surface area contributed by atoms with Gasteiger partial charge in [-0.1, -0.05) is 30.3 Å². The van der Waals surface area contributed by atoms with Gasteiger partial charge in [0.15, 0.2) is 0 Å². The Labute approximate surface area is 117 Å². The van der Waals surface area contributed by atoms with Crippen LogP contribution in [0, 0.1) is 0 Å². The molecule has 1 N–H and O–H groups in total. The molecular weight excluding hydrogens is 284 g/mol. The minimum Gasteiger partial charge on any atom is -0.464 e. The van der Waals surface area contributed by atoms with Crippen molar-refractivity contribution in [3.63, 3.8) is 0 Å². The Hall–Kier alpha value is -1.64. The summed E-state index contributed by atoms with van der Waals surface area (Å²) in [6.45, 7) is 0.688. The highest BCUT2D eigenvalue weighted by Crippen LogP contribution is 2.15. The zero-order chi connectivity index (χ0) is 14.6. The Bertz CT molecular complexity index is 554. The first-order chi connectivity index (χ1) is 9.51. The van der Waals surface area contributed by atoms with E-state index in [9.17, 15) is 18.3 Å². The smallest absolute Gasteiger partial charge is 0.422 e. The fraction of sp³-hybridized carbons (Fsp3) is 0.417. The molecule has 1 saturated heterocycles. The van der Waals surface area contributed by atoms with Gasteiger partial charge in [0.1, 0.15) is 0 Å². The minimum absolute atomic E-state index is 0.168. The number of hydrogen-bond donors (Lipinski definition) is 1. The second kappa shape index (κ2) is 6.21. The van der Waals surface area contributed by atoms with Crippen molar-refractivity contribution in [2.75, 3.05) is 26.3 Å². The minimum atomic E-state index is -4.03. The van der Waals surface area contributed by atoms with Gasteiger partial charge in [-0.25, -0.2) is 4.79 Å². The molecular formula is C12H16N2O5S. The molecule has 1 aromatic rings. The van der Waals surface area contributed by atoms with E-state index in [1.807, 2.05) is 0 Å². The van der Waals surface area contributed by atoms with Crippen LogP contribution >= 0.6 is 0 Å². The van der Waals surface area contributed by atoms with Gasteiger partial charge in [-0.2, -0.15) is 17.0 Å². The van der Waals surface area contributed by atoms with Crippen LogP contribution in [0.4, 0.5) is 4.79 Å². The number of benzene rings is 1. The molecule has 20 heavy (non-hydrogen) atoms. The van der Waals surface area contributed by atoms with Gasteiger partial charge in [0, 0.05) is 13.1 Å². The van der Waals surface area contributed by atoms with Crippen LogP contribution < -0.4 is 0 Å². The zero-order valence-corrected chi connectivity index (χ0v) is 11.6. The molecule has 2 rings (SSSR count). The van der Waals surface area contributed by atoms with Crippen LogP contribution in [0.15, 0.2) is 30.3 Å². The van der Waals surface area contributed by atoms with Crippen LogP contribution in [0.3, 0.4) is 0 Å². The van der Waals surface area contributed by atoms with Crippen molar-refractivity contribution >= 4 is 16.3 Å². The second-order valence-electron chi connectivity index (χ2n) is 4.29. The maximum atomic E-state index is 12.3. The Kier molecular flexibility index (Phi) is 4.58. The summed E-state index contributed by atoms with van der Waals surface area (Å²) in [4.78, 5) is 11.3. The van der Waals surface area contributed by atoms with Gasteiger partial charge in [-0.15, -0.1) is 0 Å². The Morgan fingerprint density at radius 2 is 1.85 bits per heavy atom. The molecule has 0 radical (unpaired) electrons. The molecule has 1 heterocycles. The third-order valence-electron chi connectivity index (χ3n) is 2.96. The SMILES string of the molecule is O=C(O)N(Cc1ccccc1)S(=O)(=O)N1CCOCC1. The zero-order valence-electron chi connectivity index (χ0n) is 10.8. The molecule has 1 aliphatic rings. The van der Waals surface area contributed by atoms with Crippen molar-refractivity contribution in [1.29, 1.82) is 0 Å². The largest absolute Gasteiger partial charge is 0.464 e. The molecule has 7 nitrogen and oxygen atoms in total. The lowest BCUT2D eigenvalue weighted by atomic mass is 10.2. The molecule has 0 bridgehead atoms. The average Bonchev–Trinajstić information content (AvgIpc) is 2.46. The van der Waals surface area contributed by atoms with E-state index in [4.69, 9.17) is 4.74 Å². The summed E-state index contributed by atoms with van der Waals surface area (Å²) in [5.41, 5.74) is 0.617. The molecule has 1 amide bonds. The van der Waals surface area contributed by atoms with E-state index in [0.29, 0.717) is 9.87 Å². The number of ether oxygens (including phenoxy) is 1. The Morgan fingerprint density at radius 1 is 1.25 bits per heavy atom. The molecule has 0 spiro atoms. The summed E-state index contributed by atoms with van der Waals surface area (Å²) in [7, 11) is -4.03. The van der Waals surface area contributed by atoms with Gasteiger partial charge < -0.3 is 9.84 Å². The van der Waals surface area contributed by atoms with Crippen LogP contribution in [0.1, 0.15) is 5.56 Å². The standard InChI is InChI=1S/C12H16N2O5S/c15-12(16)14(10-11-4-2-1-3-5-11)20(17,18)13-6-8-19-9-7-13/h1-5H,6-10H2,(H,15,16). The summed E-state index contributed by atoms with van der Waals surface area (Å²) in [6.07, 6.45) is -1.49. The van der Waals surface area contributed by atoms with Crippen molar-refractivity contribution in [3.05, 3.63) is 35.9 Å². The number of hydrogen-bond acceptors (Lipinski definition) is 4. The topological polar surface area (TPSA) is 87.2 Å². The highest BCUT2D eigenvalue weighted by molar-refractivity contribution is 7.87. The van der Waals surface area contributed by atoms with Gasteiger partial charge in [0.2, 0.25) is 0 Å². The summed E-state index contributed by atoms with van der Waals surface area (Å²) in [6, 6.07) is 8.62. The van der Waals surface area contributed by atoms with Gasteiger partial charge in [-0.05, 0) is 5.56 Å². The quantitative estimate of drug-likeness (QED) is 0.886. The van der Waals surface area contributed by atoms with E-state index in [1.54, 1.807) is 30.3 Å². The number of carbonyl (C=O) groups is 1. The maximum Gasteiger partial charge on any atom is 0.422 e. The predicted molar refractivity (Wildman–Crippen MR) is 71.3 cm³/mol. The van der Waals surface area contributed by atoms with Crippen LogP contribution in [0.25, 0.3) is 0 Å². The van der Waals surface area contributed by atoms with Gasteiger partial charge >= 0.3 is 16.3 Å². The summed E-state index contributed by atoms with van der Waals surface area (Å²) in [5.74, 6) is 0. The average molecular weight is 300 g/mol. The van der Waals surface area contributed by atoms with Gasteiger partial charge in [0.25, 0.3) is 0 Å². The van der Waals surface area contributed by atoms with E-state index in [1.165, 1.54) is 0 Å². The van der Waals surface area contributed by atoms with Crippen LogP contribution in [0.2, 0.25) is 0 Å². The van der Waals surface area contributed by atoms with E-state index in [0.717, 1.165) is 4.31 Å². The first-order valence-corrected chi connectivity index (χ1v) is 7.54. The lowest BCUT2D eigenvalue weighted by Crippen LogP contribution is -2.49. The first-order valence-electron chi connectivity index (χ1n) is 6.14. The van der Waals surface area contributed by atoms with E-state index in [-0.39, 0.29) is 32.8 Å². The fourth-order valence-electron chi connectivity index (χ4n) is 1.91. The second-order valence-corrected chi connectivity index (χ2v) is 6.15.